The van der Waals surface area contributed by atoms with Crippen LogP contribution in [-0.4, -0.2) is 18.1 Å². The number of pyridine rings is 1. The van der Waals surface area contributed by atoms with E-state index in [1.54, 1.807) is 13.3 Å². The van der Waals surface area contributed by atoms with Gasteiger partial charge in [0, 0.05) is 19.3 Å². The SMILES string of the molecule is CCC(N)Cc1cncc(Oc2cccc(COC)c2)c1. The van der Waals surface area contributed by atoms with Crippen molar-refractivity contribution in [2.75, 3.05) is 7.11 Å². The predicted molar refractivity (Wildman–Crippen MR) is 83.4 cm³/mol. The summed E-state index contributed by atoms with van der Waals surface area (Å²) in [4.78, 5) is 4.22. The maximum atomic E-state index is 5.98. The first-order chi connectivity index (χ1) is 10.2. The summed E-state index contributed by atoms with van der Waals surface area (Å²) in [6.07, 6.45) is 5.31. The van der Waals surface area contributed by atoms with Gasteiger partial charge in [-0.15, -0.1) is 0 Å². The lowest BCUT2D eigenvalue weighted by Crippen LogP contribution is -2.21. The monoisotopic (exact) mass is 286 g/mol. The Morgan fingerprint density at radius 1 is 1.14 bits per heavy atom. The molecular weight excluding hydrogens is 264 g/mol. The van der Waals surface area contributed by atoms with Gasteiger partial charge in [-0.05, 0) is 42.2 Å². The van der Waals surface area contributed by atoms with Crippen molar-refractivity contribution in [3.8, 4) is 11.5 Å². The summed E-state index contributed by atoms with van der Waals surface area (Å²) in [5.74, 6) is 1.51. The fraction of sp³-hybridized carbons (Fsp3) is 0.353. The molecule has 0 aliphatic heterocycles. The first-order valence-electron chi connectivity index (χ1n) is 7.16. The zero-order chi connectivity index (χ0) is 15.1. The first kappa shape index (κ1) is 15.5. The number of rotatable bonds is 7. The van der Waals surface area contributed by atoms with Crippen LogP contribution in [0, 0.1) is 0 Å². The molecule has 1 atom stereocenters. The van der Waals surface area contributed by atoms with E-state index in [4.69, 9.17) is 15.2 Å². The first-order valence-corrected chi connectivity index (χ1v) is 7.16. The van der Waals surface area contributed by atoms with Crippen molar-refractivity contribution in [2.45, 2.75) is 32.4 Å². The van der Waals surface area contributed by atoms with Crippen molar-refractivity contribution in [1.29, 1.82) is 0 Å². The zero-order valence-corrected chi connectivity index (χ0v) is 12.6. The van der Waals surface area contributed by atoms with E-state index in [2.05, 4.69) is 11.9 Å². The van der Waals surface area contributed by atoms with Gasteiger partial charge in [0.1, 0.15) is 11.5 Å². The zero-order valence-electron chi connectivity index (χ0n) is 12.6. The summed E-state index contributed by atoms with van der Waals surface area (Å²) >= 11 is 0. The van der Waals surface area contributed by atoms with Gasteiger partial charge in [0.15, 0.2) is 0 Å². The number of methoxy groups -OCH3 is 1. The van der Waals surface area contributed by atoms with Crippen LogP contribution in [0.25, 0.3) is 0 Å². The lowest BCUT2D eigenvalue weighted by atomic mass is 10.1. The molecule has 0 aliphatic carbocycles. The number of nitrogens with zero attached hydrogens (tertiary/aromatic N) is 1. The molecule has 0 bridgehead atoms. The second-order valence-corrected chi connectivity index (χ2v) is 5.08. The Kier molecular flexibility index (Phi) is 5.72. The van der Waals surface area contributed by atoms with Crippen molar-refractivity contribution >= 4 is 0 Å². The van der Waals surface area contributed by atoms with Crippen LogP contribution in [0.5, 0.6) is 11.5 Å². The Morgan fingerprint density at radius 2 is 1.95 bits per heavy atom. The van der Waals surface area contributed by atoms with Crippen LogP contribution in [0.4, 0.5) is 0 Å². The normalized spacial score (nSPS) is 12.1. The van der Waals surface area contributed by atoms with Gasteiger partial charge in [0.2, 0.25) is 0 Å². The van der Waals surface area contributed by atoms with Crippen LogP contribution in [0.3, 0.4) is 0 Å². The van der Waals surface area contributed by atoms with E-state index in [-0.39, 0.29) is 6.04 Å². The van der Waals surface area contributed by atoms with Crippen molar-refractivity contribution < 1.29 is 9.47 Å². The standard InChI is InChI=1S/C17H22N2O2/c1-3-15(18)7-14-9-17(11-19-10-14)21-16-6-4-5-13(8-16)12-20-2/h4-6,8-11,15H,3,7,12,18H2,1-2H3. The topological polar surface area (TPSA) is 57.4 Å². The Bertz CT molecular complexity index is 572. The summed E-state index contributed by atoms with van der Waals surface area (Å²) in [6, 6.07) is 9.99. The van der Waals surface area contributed by atoms with Crippen LogP contribution in [0.2, 0.25) is 0 Å². The molecule has 0 fully saturated rings. The molecular formula is C17H22N2O2. The number of nitrogens with two attached hydrogens (primary N) is 1. The van der Waals surface area contributed by atoms with Crippen LogP contribution in [0.15, 0.2) is 42.7 Å². The summed E-state index contributed by atoms with van der Waals surface area (Å²) in [7, 11) is 1.68. The molecule has 21 heavy (non-hydrogen) atoms. The highest BCUT2D eigenvalue weighted by molar-refractivity contribution is 5.34. The van der Waals surface area contributed by atoms with Gasteiger partial charge in [0.25, 0.3) is 0 Å². The molecule has 2 rings (SSSR count). The highest BCUT2D eigenvalue weighted by Crippen LogP contribution is 2.23. The molecule has 1 heterocycles. The van der Waals surface area contributed by atoms with Crippen molar-refractivity contribution in [2.24, 2.45) is 5.73 Å². The summed E-state index contributed by atoms with van der Waals surface area (Å²) in [5, 5.41) is 0. The maximum Gasteiger partial charge on any atom is 0.145 e. The second kappa shape index (κ2) is 7.76. The molecule has 1 unspecified atom stereocenters. The van der Waals surface area contributed by atoms with E-state index in [0.29, 0.717) is 6.61 Å². The van der Waals surface area contributed by atoms with E-state index in [9.17, 15) is 0 Å². The van der Waals surface area contributed by atoms with Gasteiger partial charge in [-0.2, -0.15) is 0 Å². The minimum absolute atomic E-state index is 0.159. The third kappa shape index (κ3) is 4.85. The number of hydrogen-bond acceptors (Lipinski definition) is 4. The molecule has 0 saturated carbocycles. The van der Waals surface area contributed by atoms with Gasteiger partial charge in [0.05, 0.1) is 12.8 Å². The molecule has 0 radical (unpaired) electrons. The summed E-state index contributed by atoms with van der Waals surface area (Å²) in [6.45, 7) is 2.65. The van der Waals surface area contributed by atoms with Gasteiger partial charge in [-0.25, -0.2) is 0 Å². The Balaban J connectivity index is 2.08. The molecule has 2 aromatic rings. The van der Waals surface area contributed by atoms with Crippen LogP contribution in [-0.2, 0) is 17.8 Å². The third-order valence-corrected chi connectivity index (χ3v) is 3.24. The average molecular weight is 286 g/mol. The molecule has 0 aliphatic rings. The molecule has 1 aromatic heterocycles. The molecule has 112 valence electrons. The smallest absolute Gasteiger partial charge is 0.145 e. The lowest BCUT2D eigenvalue weighted by molar-refractivity contribution is 0.184. The second-order valence-electron chi connectivity index (χ2n) is 5.08. The minimum atomic E-state index is 0.159. The van der Waals surface area contributed by atoms with E-state index in [1.807, 2.05) is 36.5 Å². The molecule has 4 heteroatoms. The van der Waals surface area contributed by atoms with E-state index < -0.39 is 0 Å². The van der Waals surface area contributed by atoms with Gasteiger partial charge < -0.3 is 15.2 Å². The van der Waals surface area contributed by atoms with Crippen LogP contribution < -0.4 is 10.5 Å². The molecule has 2 N–H and O–H groups in total. The summed E-state index contributed by atoms with van der Waals surface area (Å²) in [5.41, 5.74) is 8.15. The molecule has 0 amide bonds. The Labute approximate surface area is 125 Å². The number of hydrogen-bond donors (Lipinski definition) is 1. The number of benzene rings is 1. The minimum Gasteiger partial charge on any atom is -0.456 e. The largest absolute Gasteiger partial charge is 0.456 e. The van der Waals surface area contributed by atoms with Crippen LogP contribution in [0.1, 0.15) is 24.5 Å². The Morgan fingerprint density at radius 3 is 2.71 bits per heavy atom. The molecule has 0 saturated heterocycles. The van der Waals surface area contributed by atoms with Crippen molar-refractivity contribution in [3.63, 3.8) is 0 Å². The van der Waals surface area contributed by atoms with Crippen molar-refractivity contribution in [1.82, 2.24) is 4.98 Å². The Hall–Kier alpha value is -1.91. The van der Waals surface area contributed by atoms with E-state index in [1.165, 1.54) is 0 Å². The fourth-order valence-corrected chi connectivity index (χ4v) is 2.08. The van der Waals surface area contributed by atoms with Crippen LogP contribution >= 0.6 is 0 Å². The molecule has 4 nitrogen and oxygen atoms in total. The summed E-state index contributed by atoms with van der Waals surface area (Å²) < 4.78 is 11.0. The highest BCUT2D eigenvalue weighted by atomic mass is 16.5. The lowest BCUT2D eigenvalue weighted by Gasteiger charge is -2.11. The maximum absolute atomic E-state index is 5.98. The highest BCUT2D eigenvalue weighted by Gasteiger charge is 2.05. The number of ether oxygens (including phenoxy) is 2. The van der Waals surface area contributed by atoms with Gasteiger partial charge >= 0.3 is 0 Å². The number of aromatic nitrogens is 1. The third-order valence-electron chi connectivity index (χ3n) is 3.24. The average Bonchev–Trinajstić information content (AvgIpc) is 2.48. The van der Waals surface area contributed by atoms with Crippen molar-refractivity contribution in [3.05, 3.63) is 53.9 Å². The van der Waals surface area contributed by atoms with E-state index in [0.717, 1.165) is 35.5 Å². The quantitative estimate of drug-likeness (QED) is 0.848. The van der Waals surface area contributed by atoms with E-state index >= 15 is 0 Å². The fourth-order valence-electron chi connectivity index (χ4n) is 2.08. The van der Waals surface area contributed by atoms with Gasteiger partial charge in [-0.3, -0.25) is 4.98 Å². The molecule has 1 aromatic carbocycles. The van der Waals surface area contributed by atoms with Gasteiger partial charge in [-0.1, -0.05) is 19.1 Å². The molecule has 0 spiro atoms. The predicted octanol–water partition coefficient (Wildman–Crippen LogP) is 3.30.